The first kappa shape index (κ1) is 24.8. The van der Waals surface area contributed by atoms with E-state index in [2.05, 4.69) is 10.4 Å². The molecule has 0 saturated heterocycles. The van der Waals surface area contributed by atoms with Crippen molar-refractivity contribution in [2.24, 2.45) is 7.05 Å². The molecule has 0 aliphatic carbocycles. The maximum Gasteiger partial charge on any atom is 1.00 e. The van der Waals surface area contributed by atoms with Crippen molar-refractivity contribution in [3.63, 3.8) is 0 Å². The number of aromatic carboxylic acids is 1. The summed E-state index contributed by atoms with van der Waals surface area (Å²) in [6.45, 7) is 0. The van der Waals surface area contributed by atoms with Crippen molar-refractivity contribution in [2.75, 3.05) is 5.32 Å². The van der Waals surface area contributed by atoms with Crippen LogP contribution in [0.5, 0.6) is 5.75 Å². The van der Waals surface area contributed by atoms with E-state index in [0.29, 0.717) is 27.5 Å². The molecule has 5 rings (SSSR count). The van der Waals surface area contributed by atoms with E-state index in [1.54, 1.807) is 18.2 Å². The molecule has 7 nitrogen and oxygen atoms in total. The second-order valence-corrected chi connectivity index (χ2v) is 8.26. The number of aromatic hydroxyl groups is 1. The van der Waals surface area contributed by atoms with Gasteiger partial charge in [0.05, 0.1) is 33.6 Å². The number of aryl methyl sites for hydroxylation is 1. The monoisotopic (exact) mass is 493 g/mol. The summed E-state index contributed by atoms with van der Waals surface area (Å²) in [5.41, 5.74) is 4.92. The topological polar surface area (TPSA) is 107 Å². The van der Waals surface area contributed by atoms with E-state index in [1.807, 2.05) is 42.5 Å². The molecule has 4 aromatic rings. The van der Waals surface area contributed by atoms with E-state index in [1.165, 1.54) is 23.9 Å². The average molecular weight is 494 g/mol. The number of nitrogens with zero attached hydrogens (tertiary/aromatic N) is 2. The molecule has 0 spiro atoms. The molecular weight excluding hydrogens is 477 g/mol. The molecule has 0 atom stereocenters. The molecule has 3 aromatic carbocycles. The number of rotatable bonds is 4. The van der Waals surface area contributed by atoms with Gasteiger partial charge in [0, 0.05) is 23.7 Å². The zero-order chi connectivity index (χ0) is 24.0. The molecule has 9 heteroatoms. The van der Waals surface area contributed by atoms with Crippen molar-refractivity contribution in [1.82, 2.24) is 9.78 Å². The van der Waals surface area contributed by atoms with E-state index in [-0.39, 0.29) is 46.9 Å². The molecule has 35 heavy (non-hydrogen) atoms. The van der Waals surface area contributed by atoms with Gasteiger partial charge in [0.2, 0.25) is 0 Å². The van der Waals surface area contributed by atoms with Crippen molar-refractivity contribution >= 4 is 40.8 Å². The Kier molecular flexibility index (Phi) is 6.87. The normalized spacial score (nSPS) is 13.3. The molecule has 1 aliphatic rings. The number of phenolic OH excluding ortho intramolecular Hbond substituents is 1. The fourth-order valence-corrected chi connectivity index (χ4v) is 4.29. The first-order chi connectivity index (χ1) is 16.3. The largest absolute Gasteiger partial charge is 1.00 e. The Morgan fingerprint density at radius 1 is 1.03 bits per heavy atom. The third kappa shape index (κ3) is 4.63. The van der Waals surface area contributed by atoms with E-state index >= 15 is 0 Å². The number of benzene rings is 3. The van der Waals surface area contributed by atoms with E-state index < -0.39 is 5.97 Å². The van der Waals surface area contributed by atoms with Gasteiger partial charge in [-0.3, -0.25) is 9.48 Å². The van der Waals surface area contributed by atoms with Crippen LogP contribution in [0.2, 0.25) is 5.02 Å². The van der Waals surface area contributed by atoms with Gasteiger partial charge in [0.25, 0.3) is 5.91 Å². The second kappa shape index (κ2) is 9.71. The minimum Gasteiger partial charge on any atom is -0.543 e. The molecule has 0 saturated carbocycles. The number of carbonyl (C=O) groups is 2. The van der Waals surface area contributed by atoms with E-state index in [9.17, 15) is 19.8 Å². The van der Waals surface area contributed by atoms with Crippen LogP contribution < -0.4 is 40.0 Å². The van der Waals surface area contributed by atoms with Crippen LogP contribution in [-0.2, 0) is 11.8 Å². The standard InChI is InChI=1S/C26H18ClN3O4.Na/c1-30-23(26(33)34)11-16(29-30)10-20-19-12-18(21(27)13-22(19)28-25(20)32)15-8-6-14(7-9-15)17-4-2-3-5-24(17)31;/h2-13,31H,1H3,(H,28,32)(H,33,34);/q;+1/p-1/b20-10-;. The molecule has 0 radical (unpaired) electrons. The van der Waals surface area contributed by atoms with Crippen LogP contribution >= 0.6 is 11.6 Å². The van der Waals surface area contributed by atoms with Crippen LogP contribution in [0.3, 0.4) is 0 Å². The number of anilines is 1. The van der Waals surface area contributed by atoms with Gasteiger partial charge in [0.1, 0.15) is 5.75 Å². The van der Waals surface area contributed by atoms with Crippen molar-refractivity contribution in [3.05, 3.63) is 88.7 Å². The predicted octanol–water partition coefficient (Wildman–Crippen LogP) is 0.973. The number of para-hydroxylation sites is 1. The molecule has 0 unspecified atom stereocenters. The Morgan fingerprint density at radius 3 is 2.31 bits per heavy atom. The zero-order valence-electron chi connectivity index (χ0n) is 18.9. The van der Waals surface area contributed by atoms with E-state index in [0.717, 1.165) is 22.3 Å². The van der Waals surface area contributed by atoms with Crippen LogP contribution in [0.15, 0.2) is 66.7 Å². The number of phenols is 1. The van der Waals surface area contributed by atoms with Crippen LogP contribution in [0.25, 0.3) is 33.9 Å². The SMILES string of the molecule is Cn1nc(/C=C2\C(=O)Nc3cc(Cl)c(-c4ccc(-c5ccccc5O)cc4)cc32)cc1C(=O)[O-].[Na+]. The van der Waals surface area contributed by atoms with Gasteiger partial charge in [0.15, 0.2) is 0 Å². The summed E-state index contributed by atoms with van der Waals surface area (Å²) in [5, 5.41) is 28.7. The summed E-state index contributed by atoms with van der Waals surface area (Å²) in [6, 6.07) is 19.5. The molecule has 1 aliphatic heterocycles. The molecule has 1 aromatic heterocycles. The van der Waals surface area contributed by atoms with Gasteiger partial charge in [-0.1, -0.05) is 54.1 Å². The molecule has 1 amide bonds. The summed E-state index contributed by atoms with van der Waals surface area (Å²) in [5.74, 6) is -1.49. The van der Waals surface area contributed by atoms with Gasteiger partial charge in [-0.15, -0.1) is 0 Å². The molecule has 2 N–H and O–H groups in total. The number of hydrogen-bond acceptors (Lipinski definition) is 5. The number of aromatic nitrogens is 2. The van der Waals surface area contributed by atoms with Crippen LogP contribution in [0, 0.1) is 0 Å². The van der Waals surface area contributed by atoms with Crippen molar-refractivity contribution in [3.8, 4) is 28.0 Å². The number of fused-ring (bicyclic) bond motifs is 1. The number of amides is 1. The minimum atomic E-state index is -1.35. The Morgan fingerprint density at radius 2 is 1.69 bits per heavy atom. The number of nitrogens with one attached hydrogen (secondary N) is 1. The first-order valence-corrected chi connectivity index (χ1v) is 10.7. The summed E-state index contributed by atoms with van der Waals surface area (Å²) >= 11 is 6.54. The zero-order valence-corrected chi connectivity index (χ0v) is 21.6. The number of carboxylic acids is 1. The second-order valence-electron chi connectivity index (χ2n) is 7.85. The summed E-state index contributed by atoms with van der Waals surface area (Å²) in [7, 11) is 1.49. The molecule has 0 fully saturated rings. The molecule has 168 valence electrons. The summed E-state index contributed by atoms with van der Waals surface area (Å²) in [4.78, 5) is 23.9. The van der Waals surface area contributed by atoms with Gasteiger partial charge in [-0.05, 0) is 41.5 Å². The molecule has 2 heterocycles. The van der Waals surface area contributed by atoms with Crippen molar-refractivity contribution in [1.29, 1.82) is 0 Å². The Bertz CT molecular complexity index is 1510. The maximum absolute atomic E-state index is 12.6. The van der Waals surface area contributed by atoms with E-state index in [4.69, 9.17) is 11.6 Å². The third-order valence-corrected chi connectivity index (χ3v) is 6.01. The van der Waals surface area contributed by atoms with Crippen LogP contribution in [0.4, 0.5) is 5.69 Å². The van der Waals surface area contributed by atoms with Gasteiger partial charge in [-0.2, -0.15) is 5.10 Å². The van der Waals surface area contributed by atoms with Crippen molar-refractivity contribution < 1.29 is 49.4 Å². The Labute approximate surface area is 228 Å². The average Bonchev–Trinajstić information content (AvgIpc) is 3.32. The third-order valence-electron chi connectivity index (χ3n) is 5.70. The van der Waals surface area contributed by atoms with Crippen LogP contribution in [0.1, 0.15) is 21.7 Å². The molecule has 0 bridgehead atoms. The minimum absolute atomic E-state index is 0. The summed E-state index contributed by atoms with van der Waals surface area (Å²) in [6.07, 6.45) is 1.53. The maximum atomic E-state index is 12.6. The van der Waals surface area contributed by atoms with Crippen molar-refractivity contribution in [2.45, 2.75) is 0 Å². The first-order valence-electron chi connectivity index (χ1n) is 10.3. The number of halogens is 1. The van der Waals surface area contributed by atoms with Gasteiger partial charge >= 0.3 is 29.6 Å². The molecular formula is C26H17ClN3NaO4. The number of carbonyl (C=O) groups excluding carboxylic acids is 2. The number of carboxylic acid groups (broad SMARTS) is 1. The smallest absolute Gasteiger partial charge is 0.543 e. The van der Waals surface area contributed by atoms with Crippen LogP contribution in [-0.4, -0.2) is 26.8 Å². The fourth-order valence-electron chi connectivity index (χ4n) is 4.02. The number of hydrogen-bond donors (Lipinski definition) is 2. The van der Waals surface area contributed by atoms with Gasteiger partial charge in [-0.25, -0.2) is 0 Å². The Balaban J connectivity index is 0.00000289. The summed E-state index contributed by atoms with van der Waals surface area (Å²) < 4.78 is 1.19. The quantitative estimate of drug-likeness (QED) is 0.325. The predicted molar refractivity (Wildman–Crippen MR) is 128 cm³/mol. The van der Waals surface area contributed by atoms with Gasteiger partial charge < -0.3 is 20.3 Å². The Hall–Kier alpha value is -3.36. The fraction of sp³-hybridized carbons (Fsp3) is 0.0385.